The molecule has 1 aromatic heterocycles. The normalized spacial score (nSPS) is 10.4. The molecule has 1 rings (SSSR count). The van der Waals surface area contributed by atoms with Crippen LogP contribution in [0.4, 0.5) is 14.6 Å². The number of rotatable bonds is 5. The summed E-state index contributed by atoms with van der Waals surface area (Å²) in [6, 6.07) is 0.860. The molecule has 0 amide bonds. The highest BCUT2D eigenvalue weighted by atomic mass is 79.9. The quantitative estimate of drug-likeness (QED) is 0.770. The van der Waals surface area contributed by atoms with E-state index in [2.05, 4.69) is 20.9 Å². The number of aromatic nitrogens is 1. The number of nitrogens with zero attached hydrogens (tertiary/aromatic N) is 2. The average molecular weight is 279 g/mol. The van der Waals surface area contributed by atoms with Crippen molar-refractivity contribution in [3.8, 4) is 0 Å². The molecule has 0 fully saturated rings. The van der Waals surface area contributed by atoms with Gasteiger partial charge in [-0.3, -0.25) is 0 Å². The van der Waals surface area contributed by atoms with Crippen molar-refractivity contribution in [2.75, 3.05) is 23.3 Å². The highest BCUT2D eigenvalue weighted by Gasteiger charge is 2.11. The molecule has 0 saturated carbocycles. The first-order chi connectivity index (χ1) is 7.19. The standard InChI is InChI=1S/C10H13BrF2N2/c1-2-15(5-3-4-11)10-9(13)6-8(12)7-14-10/h6-7H,2-5H2,1H3. The van der Waals surface area contributed by atoms with Gasteiger partial charge in [0.05, 0.1) is 6.20 Å². The molecule has 84 valence electrons. The largest absolute Gasteiger partial charge is 0.354 e. The Morgan fingerprint density at radius 3 is 2.73 bits per heavy atom. The third kappa shape index (κ3) is 3.41. The summed E-state index contributed by atoms with van der Waals surface area (Å²) < 4.78 is 26.0. The second kappa shape index (κ2) is 6.00. The summed E-state index contributed by atoms with van der Waals surface area (Å²) in [6.07, 6.45) is 1.93. The summed E-state index contributed by atoms with van der Waals surface area (Å²) in [5.74, 6) is -1.03. The van der Waals surface area contributed by atoms with E-state index >= 15 is 0 Å². The lowest BCUT2D eigenvalue weighted by atomic mass is 10.3. The van der Waals surface area contributed by atoms with Crippen LogP contribution in [-0.2, 0) is 0 Å². The van der Waals surface area contributed by atoms with Crippen molar-refractivity contribution in [3.05, 3.63) is 23.9 Å². The molecule has 0 N–H and O–H groups in total. The molecule has 15 heavy (non-hydrogen) atoms. The van der Waals surface area contributed by atoms with E-state index < -0.39 is 11.6 Å². The Morgan fingerprint density at radius 2 is 2.20 bits per heavy atom. The molecule has 0 unspecified atom stereocenters. The SMILES string of the molecule is CCN(CCCBr)c1ncc(F)cc1F. The van der Waals surface area contributed by atoms with Gasteiger partial charge in [-0.25, -0.2) is 13.8 Å². The van der Waals surface area contributed by atoms with E-state index in [9.17, 15) is 8.78 Å². The molecule has 1 heterocycles. The zero-order valence-electron chi connectivity index (χ0n) is 8.51. The first-order valence-electron chi connectivity index (χ1n) is 4.81. The maximum Gasteiger partial charge on any atom is 0.168 e. The van der Waals surface area contributed by atoms with Crippen LogP contribution in [0.2, 0.25) is 0 Å². The fourth-order valence-electron chi connectivity index (χ4n) is 1.30. The van der Waals surface area contributed by atoms with Gasteiger partial charge >= 0.3 is 0 Å². The van der Waals surface area contributed by atoms with Crippen molar-refractivity contribution in [3.63, 3.8) is 0 Å². The third-order valence-electron chi connectivity index (χ3n) is 2.03. The van der Waals surface area contributed by atoms with Crippen LogP contribution in [0.1, 0.15) is 13.3 Å². The maximum absolute atomic E-state index is 13.4. The minimum Gasteiger partial charge on any atom is -0.354 e. The van der Waals surface area contributed by atoms with Crippen molar-refractivity contribution in [1.29, 1.82) is 0 Å². The fraction of sp³-hybridized carbons (Fsp3) is 0.500. The van der Waals surface area contributed by atoms with Crippen LogP contribution in [0.15, 0.2) is 12.3 Å². The van der Waals surface area contributed by atoms with Gasteiger partial charge < -0.3 is 4.90 Å². The summed E-state index contributed by atoms with van der Waals surface area (Å²) in [7, 11) is 0. The molecule has 0 aliphatic heterocycles. The predicted octanol–water partition coefficient (Wildman–Crippen LogP) is 2.97. The molecule has 1 aromatic rings. The van der Waals surface area contributed by atoms with E-state index in [1.165, 1.54) is 0 Å². The van der Waals surface area contributed by atoms with Crippen LogP contribution < -0.4 is 4.90 Å². The summed E-state index contributed by atoms with van der Waals surface area (Å²) in [4.78, 5) is 5.55. The lowest BCUT2D eigenvalue weighted by Crippen LogP contribution is -2.26. The van der Waals surface area contributed by atoms with Gasteiger partial charge in [-0.2, -0.15) is 0 Å². The number of hydrogen-bond acceptors (Lipinski definition) is 2. The second-order valence-corrected chi connectivity index (χ2v) is 3.87. The fourth-order valence-corrected chi connectivity index (χ4v) is 1.56. The lowest BCUT2D eigenvalue weighted by Gasteiger charge is -2.21. The first kappa shape index (κ1) is 12.4. The van der Waals surface area contributed by atoms with E-state index in [4.69, 9.17) is 0 Å². The summed E-state index contributed by atoms with van der Waals surface area (Å²) in [5, 5.41) is 0.853. The van der Waals surface area contributed by atoms with E-state index in [1.54, 1.807) is 4.90 Å². The second-order valence-electron chi connectivity index (χ2n) is 3.08. The van der Waals surface area contributed by atoms with Gasteiger partial charge in [-0.1, -0.05) is 15.9 Å². The summed E-state index contributed by atoms with van der Waals surface area (Å²) >= 11 is 3.31. The molecule has 0 atom stereocenters. The van der Waals surface area contributed by atoms with Crippen molar-refractivity contribution in [2.45, 2.75) is 13.3 Å². The van der Waals surface area contributed by atoms with Gasteiger partial charge in [0.2, 0.25) is 0 Å². The average Bonchev–Trinajstić information content (AvgIpc) is 2.21. The summed E-state index contributed by atoms with van der Waals surface area (Å²) in [5.41, 5.74) is 0. The smallest absolute Gasteiger partial charge is 0.168 e. The highest BCUT2D eigenvalue weighted by Crippen LogP contribution is 2.16. The van der Waals surface area contributed by atoms with Crippen LogP contribution in [-0.4, -0.2) is 23.4 Å². The van der Waals surface area contributed by atoms with Crippen molar-refractivity contribution in [2.24, 2.45) is 0 Å². The van der Waals surface area contributed by atoms with Crippen molar-refractivity contribution >= 4 is 21.7 Å². The molecule has 0 bridgehead atoms. The van der Waals surface area contributed by atoms with E-state index in [-0.39, 0.29) is 5.82 Å². The Labute approximate surface area is 96.4 Å². The molecule has 0 radical (unpaired) electrons. The predicted molar refractivity (Wildman–Crippen MR) is 60.5 cm³/mol. The zero-order valence-corrected chi connectivity index (χ0v) is 10.1. The van der Waals surface area contributed by atoms with E-state index in [1.807, 2.05) is 6.92 Å². The maximum atomic E-state index is 13.4. The van der Waals surface area contributed by atoms with Crippen molar-refractivity contribution < 1.29 is 8.78 Å². The van der Waals surface area contributed by atoms with Crippen LogP contribution in [0.3, 0.4) is 0 Å². The third-order valence-corrected chi connectivity index (χ3v) is 2.59. The molecular weight excluding hydrogens is 266 g/mol. The Balaban J connectivity index is 2.81. The highest BCUT2D eigenvalue weighted by molar-refractivity contribution is 9.09. The molecular formula is C10H13BrF2N2. The van der Waals surface area contributed by atoms with Gasteiger partial charge in [-0.05, 0) is 13.3 Å². The van der Waals surface area contributed by atoms with E-state index in [0.717, 1.165) is 24.0 Å². The van der Waals surface area contributed by atoms with Gasteiger partial charge in [0.25, 0.3) is 0 Å². The minimum atomic E-state index is -0.646. The Kier molecular flexibility index (Phi) is 4.94. The van der Waals surface area contributed by atoms with Gasteiger partial charge in [0, 0.05) is 24.5 Å². The molecule has 0 spiro atoms. The van der Waals surface area contributed by atoms with Crippen molar-refractivity contribution in [1.82, 2.24) is 4.98 Å². The molecule has 2 nitrogen and oxygen atoms in total. The Hall–Kier alpha value is -0.710. The molecule has 0 aliphatic carbocycles. The minimum absolute atomic E-state index is 0.222. The number of halogens is 3. The topological polar surface area (TPSA) is 16.1 Å². The zero-order chi connectivity index (χ0) is 11.3. The van der Waals surface area contributed by atoms with E-state index in [0.29, 0.717) is 13.1 Å². The van der Waals surface area contributed by atoms with Gasteiger partial charge in [-0.15, -0.1) is 0 Å². The number of alkyl halides is 1. The Morgan fingerprint density at radius 1 is 1.47 bits per heavy atom. The van der Waals surface area contributed by atoms with Gasteiger partial charge in [0.1, 0.15) is 5.82 Å². The molecule has 0 aliphatic rings. The number of hydrogen-bond donors (Lipinski definition) is 0. The summed E-state index contributed by atoms with van der Waals surface area (Å²) in [6.45, 7) is 3.28. The molecule has 0 aromatic carbocycles. The van der Waals surface area contributed by atoms with Crippen LogP contribution in [0.5, 0.6) is 0 Å². The number of pyridine rings is 1. The van der Waals surface area contributed by atoms with Crippen LogP contribution >= 0.6 is 15.9 Å². The lowest BCUT2D eigenvalue weighted by molar-refractivity contribution is 0.567. The number of anilines is 1. The van der Waals surface area contributed by atoms with Crippen LogP contribution in [0.25, 0.3) is 0 Å². The monoisotopic (exact) mass is 278 g/mol. The molecule has 5 heteroatoms. The van der Waals surface area contributed by atoms with Gasteiger partial charge in [0.15, 0.2) is 11.6 Å². The Bertz CT molecular complexity index is 320. The first-order valence-corrected chi connectivity index (χ1v) is 5.93. The van der Waals surface area contributed by atoms with Crippen LogP contribution in [0, 0.1) is 11.6 Å². The molecule has 0 saturated heterocycles.